The van der Waals surface area contributed by atoms with Crippen molar-refractivity contribution in [2.45, 2.75) is 39.3 Å². The fourth-order valence-electron chi connectivity index (χ4n) is 3.12. The number of amides is 2. The highest BCUT2D eigenvalue weighted by atomic mass is 35.5. The van der Waals surface area contributed by atoms with E-state index in [2.05, 4.69) is 15.5 Å². The zero-order valence-electron chi connectivity index (χ0n) is 18.1. The van der Waals surface area contributed by atoms with Gasteiger partial charge in [0.25, 0.3) is 5.91 Å². The molecule has 0 fully saturated rings. The Morgan fingerprint density at radius 3 is 2.61 bits per heavy atom. The van der Waals surface area contributed by atoms with Crippen molar-refractivity contribution in [2.24, 2.45) is 0 Å². The van der Waals surface area contributed by atoms with E-state index in [-0.39, 0.29) is 48.8 Å². The topological polar surface area (TPSA) is 88.3 Å². The summed E-state index contributed by atoms with van der Waals surface area (Å²) in [7, 11) is 0. The number of nitrogens with one attached hydrogen (secondary N) is 1. The Labute approximate surface area is 194 Å². The van der Waals surface area contributed by atoms with Gasteiger partial charge in [-0.05, 0) is 44.5 Å². The van der Waals surface area contributed by atoms with Crippen molar-refractivity contribution < 1.29 is 22.8 Å². The fraction of sp³-hybridized carbons (Fsp3) is 0.304. The number of aromatic nitrogens is 2. The van der Waals surface area contributed by atoms with Crippen molar-refractivity contribution in [3.63, 3.8) is 0 Å². The van der Waals surface area contributed by atoms with Crippen LogP contribution in [0.1, 0.15) is 42.9 Å². The molecule has 0 saturated carbocycles. The number of carbonyl (C=O) groups excluding carboxylic acids is 2. The average molecular weight is 477 g/mol. The van der Waals surface area contributed by atoms with Crippen LogP contribution in [-0.4, -0.2) is 39.5 Å². The molecule has 0 unspecified atom stereocenters. The molecule has 0 aliphatic rings. The molecule has 1 heterocycles. The van der Waals surface area contributed by atoms with E-state index in [1.807, 2.05) is 13.8 Å². The van der Waals surface area contributed by atoms with Gasteiger partial charge in [-0.25, -0.2) is 8.78 Å². The number of hydrogen-bond acceptors (Lipinski definition) is 5. The van der Waals surface area contributed by atoms with Gasteiger partial charge in [0.05, 0.1) is 22.7 Å². The van der Waals surface area contributed by atoms with Crippen molar-refractivity contribution in [1.29, 1.82) is 0 Å². The third-order valence-corrected chi connectivity index (χ3v) is 5.18. The number of benzene rings is 2. The molecule has 0 aliphatic carbocycles. The highest BCUT2D eigenvalue weighted by molar-refractivity contribution is 6.33. The first-order valence-corrected chi connectivity index (χ1v) is 10.7. The number of carbonyl (C=O) groups is 2. The SMILES string of the molecule is CC(C)N(Cc1nnc(-c2ccccc2Cl)o1)C(=O)CCCNC(=O)c1ccc(F)cc1F. The second-order valence-corrected chi connectivity index (χ2v) is 7.99. The monoisotopic (exact) mass is 476 g/mol. The summed E-state index contributed by atoms with van der Waals surface area (Å²) in [6.45, 7) is 4.01. The van der Waals surface area contributed by atoms with Crippen LogP contribution in [0.5, 0.6) is 0 Å². The molecule has 0 saturated heterocycles. The molecule has 0 bridgehead atoms. The predicted molar refractivity (Wildman–Crippen MR) is 118 cm³/mol. The maximum absolute atomic E-state index is 13.7. The van der Waals surface area contributed by atoms with E-state index in [0.717, 1.165) is 12.1 Å². The van der Waals surface area contributed by atoms with Crippen LogP contribution in [0, 0.1) is 11.6 Å². The normalized spacial score (nSPS) is 11.0. The van der Waals surface area contributed by atoms with Gasteiger partial charge in [0, 0.05) is 25.1 Å². The molecule has 1 N–H and O–H groups in total. The molecule has 0 atom stereocenters. The molecule has 2 amide bonds. The van der Waals surface area contributed by atoms with Gasteiger partial charge in [-0.3, -0.25) is 9.59 Å². The van der Waals surface area contributed by atoms with Gasteiger partial charge in [0.2, 0.25) is 17.7 Å². The van der Waals surface area contributed by atoms with Crippen LogP contribution in [0.3, 0.4) is 0 Å². The fourth-order valence-corrected chi connectivity index (χ4v) is 3.34. The summed E-state index contributed by atoms with van der Waals surface area (Å²) in [5.74, 6) is -1.99. The first kappa shape index (κ1) is 24.3. The van der Waals surface area contributed by atoms with Crippen LogP contribution in [0.15, 0.2) is 46.9 Å². The summed E-state index contributed by atoms with van der Waals surface area (Å²) in [6.07, 6.45) is 0.487. The molecule has 0 radical (unpaired) electrons. The van der Waals surface area contributed by atoms with Crippen LogP contribution < -0.4 is 5.32 Å². The van der Waals surface area contributed by atoms with Crippen LogP contribution in [0.25, 0.3) is 11.5 Å². The van der Waals surface area contributed by atoms with Gasteiger partial charge >= 0.3 is 0 Å². The van der Waals surface area contributed by atoms with Crippen LogP contribution >= 0.6 is 11.6 Å². The summed E-state index contributed by atoms with van der Waals surface area (Å²) in [5, 5.41) is 11.0. The molecule has 2 aromatic carbocycles. The third kappa shape index (κ3) is 6.35. The molecule has 0 aliphatic heterocycles. The molecule has 7 nitrogen and oxygen atoms in total. The van der Waals surface area contributed by atoms with Crippen molar-refractivity contribution in [3.05, 3.63) is 70.6 Å². The van der Waals surface area contributed by atoms with Crippen LogP contribution in [0.4, 0.5) is 8.78 Å². The van der Waals surface area contributed by atoms with E-state index in [1.165, 1.54) is 0 Å². The predicted octanol–water partition coefficient (Wildman–Crippen LogP) is 4.62. The van der Waals surface area contributed by atoms with Gasteiger partial charge in [-0.2, -0.15) is 0 Å². The maximum Gasteiger partial charge on any atom is 0.254 e. The van der Waals surface area contributed by atoms with Gasteiger partial charge in [0.15, 0.2) is 0 Å². The summed E-state index contributed by atoms with van der Waals surface area (Å²) in [6, 6.07) is 9.68. The Morgan fingerprint density at radius 2 is 1.91 bits per heavy atom. The lowest BCUT2D eigenvalue weighted by molar-refractivity contribution is -0.134. The van der Waals surface area contributed by atoms with Gasteiger partial charge in [-0.15, -0.1) is 10.2 Å². The molecule has 10 heteroatoms. The highest BCUT2D eigenvalue weighted by Gasteiger charge is 2.21. The minimum atomic E-state index is -0.940. The molecule has 0 spiro atoms. The first-order valence-electron chi connectivity index (χ1n) is 10.4. The van der Waals surface area contributed by atoms with Crippen LogP contribution in [-0.2, 0) is 11.3 Å². The molecular formula is C23H23ClF2N4O3. The lowest BCUT2D eigenvalue weighted by atomic mass is 10.2. The van der Waals surface area contributed by atoms with Crippen molar-refractivity contribution in [3.8, 4) is 11.5 Å². The summed E-state index contributed by atoms with van der Waals surface area (Å²) in [5.41, 5.74) is 0.353. The molecule has 3 aromatic rings. The van der Waals surface area contributed by atoms with Crippen molar-refractivity contribution >= 4 is 23.4 Å². The zero-order chi connectivity index (χ0) is 24.0. The Bertz CT molecular complexity index is 1140. The molecule has 174 valence electrons. The van der Waals surface area contributed by atoms with E-state index in [0.29, 0.717) is 23.1 Å². The third-order valence-electron chi connectivity index (χ3n) is 4.85. The van der Waals surface area contributed by atoms with E-state index >= 15 is 0 Å². The number of nitrogens with zero attached hydrogens (tertiary/aromatic N) is 3. The molecule has 3 rings (SSSR count). The number of hydrogen-bond donors (Lipinski definition) is 1. The van der Waals surface area contributed by atoms with Crippen molar-refractivity contribution in [1.82, 2.24) is 20.4 Å². The highest BCUT2D eigenvalue weighted by Crippen LogP contribution is 2.26. The Kier molecular flexibility index (Phi) is 8.11. The largest absolute Gasteiger partial charge is 0.419 e. The first-order chi connectivity index (χ1) is 15.8. The standard InChI is InChI=1S/C23H23ClF2N4O3/c1-14(2)30(13-20-28-29-23(33-20)16-6-3-4-7-18(16)24)21(31)8-5-11-27-22(32)17-10-9-15(25)12-19(17)26/h3-4,6-7,9-10,12,14H,5,8,11,13H2,1-2H3,(H,27,32). The number of halogens is 3. The second kappa shape index (κ2) is 11.0. The summed E-state index contributed by atoms with van der Waals surface area (Å²) < 4.78 is 32.3. The van der Waals surface area contributed by atoms with E-state index in [4.69, 9.17) is 16.0 Å². The molecule has 1 aromatic heterocycles. The lowest BCUT2D eigenvalue weighted by Crippen LogP contribution is -2.37. The Balaban J connectivity index is 1.53. The Morgan fingerprint density at radius 1 is 1.15 bits per heavy atom. The van der Waals surface area contributed by atoms with Gasteiger partial charge in [-0.1, -0.05) is 23.7 Å². The van der Waals surface area contributed by atoms with Crippen molar-refractivity contribution in [2.75, 3.05) is 6.54 Å². The second-order valence-electron chi connectivity index (χ2n) is 7.58. The average Bonchev–Trinajstić information content (AvgIpc) is 3.23. The van der Waals surface area contributed by atoms with E-state index in [1.54, 1.807) is 29.2 Å². The lowest BCUT2D eigenvalue weighted by Gasteiger charge is -2.25. The zero-order valence-corrected chi connectivity index (χ0v) is 18.9. The quantitative estimate of drug-likeness (QED) is 0.455. The molecule has 33 heavy (non-hydrogen) atoms. The number of rotatable bonds is 9. The van der Waals surface area contributed by atoms with Gasteiger partial charge < -0.3 is 14.6 Å². The van der Waals surface area contributed by atoms with E-state index in [9.17, 15) is 18.4 Å². The molecular weight excluding hydrogens is 454 g/mol. The smallest absolute Gasteiger partial charge is 0.254 e. The maximum atomic E-state index is 13.7. The Hall–Kier alpha value is -3.33. The summed E-state index contributed by atoms with van der Waals surface area (Å²) >= 11 is 6.16. The minimum absolute atomic E-state index is 0.126. The van der Waals surface area contributed by atoms with Gasteiger partial charge in [0.1, 0.15) is 11.6 Å². The minimum Gasteiger partial charge on any atom is -0.419 e. The summed E-state index contributed by atoms with van der Waals surface area (Å²) in [4.78, 5) is 26.4. The van der Waals surface area contributed by atoms with Crippen LogP contribution in [0.2, 0.25) is 5.02 Å². The van der Waals surface area contributed by atoms with E-state index < -0.39 is 17.5 Å².